The molecule has 2 amide bonds. The Bertz CT molecular complexity index is 771. The zero-order valence-electron chi connectivity index (χ0n) is 13.3. The predicted molar refractivity (Wildman–Crippen MR) is 89.7 cm³/mol. The summed E-state index contributed by atoms with van der Waals surface area (Å²) in [6.45, 7) is 6.23. The number of aryl methyl sites for hydroxylation is 2. The van der Waals surface area contributed by atoms with Crippen molar-refractivity contribution < 1.29 is 9.59 Å². The third-order valence-electron chi connectivity index (χ3n) is 4.12. The third kappa shape index (κ3) is 3.10. The van der Waals surface area contributed by atoms with Crippen molar-refractivity contribution in [2.24, 2.45) is 5.92 Å². The molecule has 1 atom stereocenters. The van der Waals surface area contributed by atoms with Crippen molar-refractivity contribution >= 4 is 34.0 Å². The number of nitrogens with zero attached hydrogens (tertiary/aromatic N) is 3. The van der Waals surface area contributed by atoms with E-state index in [-0.39, 0.29) is 24.2 Å². The van der Waals surface area contributed by atoms with Gasteiger partial charge in [0.15, 0.2) is 0 Å². The lowest BCUT2D eigenvalue weighted by Gasteiger charge is -2.20. The minimum absolute atomic E-state index is 0.0210. The largest absolute Gasteiger partial charge is 0.311 e. The highest BCUT2D eigenvalue weighted by molar-refractivity contribution is 7.15. The Hall–Kier alpha value is -2.28. The number of hydrogen-bond donors (Lipinski definition) is 1. The first-order valence-electron chi connectivity index (χ1n) is 7.43. The van der Waals surface area contributed by atoms with Crippen LogP contribution in [0, 0.1) is 26.7 Å². The zero-order valence-corrected chi connectivity index (χ0v) is 14.1. The van der Waals surface area contributed by atoms with E-state index < -0.39 is 0 Å². The van der Waals surface area contributed by atoms with Crippen LogP contribution in [0.3, 0.4) is 0 Å². The molecule has 2 heterocycles. The number of hydrogen-bond acceptors (Lipinski definition) is 5. The van der Waals surface area contributed by atoms with E-state index in [9.17, 15) is 9.59 Å². The van der Waals surface area contributed by atoms with E-state index in [4.69, 9.17) is 0 Å². The molecule has 23 heavy (non-hydrogen) atoms. The van der Waals surface area contributed by atoms with Crippen LogP contribution in [0.15, 0.2) is 18.2 Å². The molecule has 1 saturated heterocycles. The minimum atomic E-state index is -0.369. The number of amides is 2. The maximum absolute atomic E-state index is 12.3. The molecule has 7 heteroatoms. The molecule has 0 bridgehead atoms. The number of rotatable bonds is 3. The Balaban J connectivity index is 1.74. The van der Waals surface area contributed by atoms with Gasteiger partial charge >= 0.3 is 0 Å². The molecule has 1 aromatic carbocycles. The van der Waals surface area contributed by atoms with Crippen LogP contribution in [0.4, 0.5) is 10.8 Å². The van der Waals surface area contributed by atoms with Gasteiger partial charge in [0, 0.05) is 18.7 Å². The Morgan fingerprint density at radius 2 is 2.09 bits per heavy atom. The highest BCUT2D eigenvalue weighted by Gasteiger charge is 2.36. The Morgan fingerprint density at radius 1 is 1.30 bits per heavy atom. The average Bonchev–Trinajstić information content (AvgIpc) is 3.08. The first-order chi connectivity index (χ1) is 11.0. The van der Waals surface area contributed by atoms with Crippen LogP contribution >= 0.6 is 11.3 Å². The van der Waals surface area contributed by atoms with Gasteiger partial charge in [0.05, 0.1) is 5.92 Å². The van der Waals surface area contributed by atoms with Crippen LogP contribution in [0.1, 0.15) is 22.6 Å². The van der Waals surface area contributed by atoms with Crippen molar-refractivity contribution in [3.8, 4) is 0 Å². The molecule has 0 radical (unpaired) electrons. The molecule has 0 aliphatic carbocycles. The molecule has 120 valence electrons. The second-order valence-electron chi connectivity index (χ2n) is 5.74. The van der Waals surface area contributed by atoms with E-state index >= 15 is 0 Å². The number of nitrogens with one attached hydrogen (secondary N) is 1. The topological polar surface area (TPSA) is 75.2 Å². The van der Waals surface area contributed by atoms with Gasteiger partial charge in [-0.1, -0.05) is 23.5 Å². The fourth-order valence-corrected chi connectivity index (χ4v) is 3.29. The molecular weight excluding hydrogens is 312 g/mol. The molecular formula is C16H18N4O2S. The number of anilines is 2. The summed E-state index contributed by atoms with van der Waals surface area (Å²) in [5.41, 5.74) is 3.09. The molecule has 0 unspecified atom stereocenters. The SMILES string of the molecule is Cc1nnc(NC(=O)[C@@H]2CC(=O)N(c3cccc(C)c3C)C2)s1. The number of carbonyl (C=O) groups excluding carboxylic acids is 2. The van der Waals surface area contributed by atoms with E-state index in [2.05, 4.69) is 15.5 Å². The van der Waals surface area contributed by atoms with Crippen molar-refractivity contribution in [3.05, 3.63) is 34.3 Å². The quantitative estimate of drug-likeness (QED) is 0.938. The smallest absolute Gasteiger partial charge is 0.231 e. The summed E-state index contributed by atoms with van der Waals surface area (Å²) in [6.07, 6.45) is 0.219. The minimum Gasteiger partial charge on any atom is -0.311 e. The fourth-order valence-electron chi connectivity index (χ4n) is 2.70. The fraction of sp³-hybridized carbons (Fsp3) is 0.375. The second-order valence-corrected chi connectivity index (χ2v) is 6.92. The summed E-state index contributed by atoms with van der Waals surface area (Å²) in [6, 6.07) is 5.87. The van der Waals surface area contributed by atoms with Gasteiger partial charge in [-0.15, -0.1) is 10.2 Å². The monoisotopic (exact) mass is 330 g/mol. The van der Waals surface area contributed by atoms with E-state index in [1.54, 1.807) is 4.90 Å². The summed E-state index contributed by atoms with van der Waals surface area (Å²) in [7, 11) is 0. The molecule has 0 spiro atoms. The maximum atomic E-state index is 12.3. The van der Waals surface area contributed by atoms with Gasteiger partial charge in [-0.2, -0.15) is 0 Å². The Kier molecular flexibility index (Phi) is 4.12. The normalized spacial score (nSPS) is 17.6. The lowest BCUT2D eigenvalue weighted by Crippen LogP contribution is -2.28. The summed E-state index contributed by atoms with van der Waals surface area (Å²) in [5.74, 6) is -0.568. The van der Waals surface area contributed by atoms with Crippen LogP contribution < -0.4 is 10.2 Å². The molecule has 3 rings (SSSR count). The van der Waals surface area contributed by atoms with Gasteiger partial charge in [-0.3, -0.25) is 9.59 Å². The van der Waals surface area contributed by atoms with Crippen LogP contribution in [0.25, 0.3) is 0 Å². The lowest BCUT2D eigenvalue weighted by molar-refractivity contribution is -0.122. The third-order valence-corrected chi connectivity index (χ3v) is 4.87. The van der Waals surface area contributed by atoms with Crippen LogP contribution in [0.5, 0.6) is 0 Å². The van der Waals surface area contributed by atoms with Gasteiger partial charge in [0.1, 0.15) is 5.01 Å². The van der Waals surface area contributed by atoms with E-state index in [0.29, 0.717) is 11.7 Å². The summed E-state index contributed by atoms with van der Waals surface area (Å²) in [4.78, 5) is 26.4. The van der Waals surface area contributed by atoms with Crippen molar-refractivity contribution in [1.82, 2.24) is 10.2 Å². The summed E-state index contributed by atoms with van der Waals surface area (Å²) < 4.78 is 0. The van der Waals surface area contributed by atoms with Gasteiger partial charge in [-0.05, 0) is 38.0 Å². The highest BCUT2D eigenvalue weighted by atomic mass is 32.1. The van der Waals surface area contributed by atoms with Crippen molar-refractivity contribution in [2.75, 3.05) is 16.8 Å². The standard InChI is InChI=1S/C16H18N4O2S/c1-9-5-4-6-13(10(9)2)20-8-12(7-14(20)21)15(22)17-16-19-18-11(3)23-16/h4-6,12H,7-8H2,1-3H3,(H,17,19,22)/t12-/m1/s1. The first kappa shape index (κ1) is 15.6. The highest BCUT2D eigenvalue weighted by Crippen LogP contribution is 2.30. The predicted octanol–water partition coefficient (Wildman–Crippen LogP) is 2.45. The van der Waals surface area contributed by atoms with Gasteiger partial charge in [0.25, 0.3) is 0 Å². The van der Waals surface area contributed by atoms with Crippen molar-refractivity contribution in [2.45, 2.75) is 27.2 Å². The van der Waals surface area contributed by atoms with E-state index in [0.717, 1.165) is 21.8 Å². The molecule has 1 N–H and O–H groups in total. The Labute approximate surface area is 138 Å². The lowest BCUT2D eigenvalue weighted by atomic mass is 10.1. The first-order valence-corrected chi connectivity index (χ1v) is 8.25. The molecule has 1 aliphatic rings. The summed E-state index contributed by atoms with van der Waals surface area (Å²) >= 11 is 1.32. The molecule has 1 fully saturated rings. The van der Waals surface area contributed by atoms with Gasteiger partial charge in [0.2, 0.25) is 16.9 Å². The molecule has 6 nitrogen and oxygen atoms in total. The van der Waals surface area contributed by atoms with Crippen LogP contribution in [0.2, 0.25) is 0 Å². The maximum Gasteiger partial charge on any atom is 0.231 e. The zero-order chi connectivity index (χ0) is 16.6. The molecule has 1 aliphatic heterocycles. The average molecular weight is 330 g/mol. The van der Waals surface area contributed by atoms with Gasteiger partial charge < -0.3 is 10.2 Å². The molecule has 2 aromatic rings. The number of benzene rings is 1. The van der Waals surface area contributed by atoms with Gasteiger partial charge in [-0.25, -0.2) is 0 Å². The summed E-state index contributed by atoms with van der Waals surface area (Å²) in [5, 5.41) is 11.8. The van der Waals surface area contributed by atoms with Crippen molar-refractivity contribution in [3.63, 3.8) is 0 Å². The van der Waals surface area contributed by atoms with E-state index in [1.165, 1.54) is 11.3 Å². The molecule has 1 aromatic heterocycles. The van der Waals surface area contributed by atoms with Crippen LogP contribution in [-0.4, -0.2) is 28.6 Å². The van der Waals surface area contributed by atoms with E-state index in [1.807, 2.05) is 39.0 Å². The molecule has 0 saturated carbocycles. The Morgan fingerprint density at radius 3 is 2.78 bits per heavy atom. The van der Waals surface area contributed by atoms with Crippen LogP contribution in [-0.2, 0) is 9.59 Å². The van der Waals surface area contributed by atoms with Crippen molar-refractivity contribution in [1.29, 1.82) is 0 Å². The number of aromatic nitrogens is 2. The number of carbonyl (C=O) groups is 2. The second kappa shape index (κ2) is 6.08.